The highest BCUT2D eigenvalue weighted by Crippen LogP contribution is 2.18. The Morgan fingerprint density at radius 1 is 1.17 bits per heavy atom. The van der Waals surface area contributed by atoms with Gasteiger partial charge in [-0.05, 0) is 18.3 Å². The number of H-pyrrole nitrogens is 1. The highest BCUT2D eigenvalue weighted by molar-refractivity contribution is 7.74. The third-order valence-electron chi connectivity index (χ3n) is 1.55. The van der Waals surface area contributed by atoms with E-state index < -0.39 is 0 Å². The lowest BCUT2D eigenvalue weighted by Crippen LogP contribution is -1.75. The second-order valence-corrected chi connectivity index (χ2v) is 4.47. The Bertz CT molecular complexity index is 523. The van der Waals surface area contributed by atoms with Crippen molar-refractivity contribution >= 4 is 45.9 Å². The van der Waals surface area contributed by atoms with E-state index in [0.29, 0.717) is 0 Å². The van der Waals surface area contributed by atoms with Crippen molar-refractivity contribution in [3.63, 3.8) is 0 Å². The van der Waals surface area contributed by atoms with Crippen LogP contribution in [0.1, 0.15) is 0 Å². The zero-order chi connectivity index (χ0) is 8.55. The molecule has 4 heteroatoms. The average Bonchev–Trinajstić information content (AvgIpc) is 2.04. The topological polar surface area (TPSA) is 15.8 Å². The summed E-state index contributed by atoms with van der Waals surface area (Å²) in [4.78, 5) is 2.96. The molecule has 0 spiro atoms. The number of hydrogen-bond acceptors (Lipinski definition) is 3. The van der Waals surface area contributed by atoms with Crippen LogP contribution < -0.4 is 0 Å². The molecule has 0 aliphatic carbocycles. The van der Waals surface area contributed by atoms with E-state index in [1.165, 1.54) is 0 Å². The minimum atomic E-state index is 0.731. The first-order valence-corrected chi connectivity index (χ1v) is 5.03. The highest BCUT2D eigenvalue weighted by atomic mass is 32.1. The fourth-order valence-corrected chi connectivity index (χ4v) is 2.65. The minimum absolute atomic E-state index is 0.731. The van der Waals surface area contributed by atoms with Gasteiger partial charge in [-0.2, -0.15) is 0 Å². The van der Waals surface area contributed by atoms with Crippen LogP contribution in [-0.4, -0.2) is 4.98 Å². The van der Waals surface area contributed by atoms with Crippen LogP contribution in [0.3, 0.4) is 0 Å². The maximum Gasteiger partial charge on any atom is 0.159 e. The Morgan fingerprint density at radius 3 is 2.75 bits per heavy atom. The maximum absolute atomic E-state index is 5.13. The highest BCUT2D eigenvalue weighted by Gasteiger charge is 1.93. The summed E-state index contributed by atoms with van der Waals surface area (Å²) < 4.78 is 2.61. The van der Waals surface area contributed by atoms with Crippen molar-refractivity contribution in [2.75, 3.05) is 0 Å². The maximum atomic E-state index is 5.13. The Morgan fingerprint density at radius 2 is 1.92 bits per heavy atom. The Kier molecular flexibility index (Phi) is 2.04. The molecule has 0 fully saturated rings. The van der Waals surface area contributed by atoms with Gasteiger partial charge >= 0.3 is 0 Å². The second kappa shape index (κ2) is 3.05. The van der Waals surface area contributed by atoms with Crippen molar-refractivity contribution in [1.82, 2.24) is 4.98 Å². The molecule has 0 unspecified atom stereocenters. The molecule has 0 saturated carbocycles. The predicted octanol–water partition coefficient (Wildman–Crippen LogP) is 3.69. The van der Waals surface area contributed by atoms with Crippen molar-refractivity contribution in [3.8, 4) is 0 Å². The zero-order valence-corrected chi connectivity index (χ0v) is 8.48. The van der Waals surface area contributed by atoms with Gasteiger partial charge in [0.15, 0.2) is 3.95 Å². The molecule has 0 aliphatic heterocycles. The molecular formula is C8H5NS3. The molecule has 0 saturated heterocycles. The van der Waals surface area contributed by atoms with Gasteiger partial charge in [0.2, 0.25) is 0 Å². The fraction of sp³-hybridized carbons (Fsp3) is 0. The fourth-order valence-electron chi connectivity index (χ4n) is 1.03. The Balaban J connectivity index is 3.09. The van der Waals surface area contributed by atoms with Crippen LogP contribution in [0.5, 0.6) is 0 Å². The average molecular weight is 211 g/mol. The summed E-state index contributed by atoms with van der Waals surface area (Å²) in [5.74, 6) is 0. The minimum Gasteiger partial charge on any atom is -0.329 e. The summed E-state index contributed by atoms with van der Waals surface area (Å²) in [5.41, 5.74) is 0. The monoisotopic (exact) mass is 211 g/mol. The van der Waals surface area contributed by atoms with Gasteiger partial charge in [-0.1, -0.05) is 30.4 Å². The Hall–Kier alpha value is -0.580. The lowest BCUT2D eigenvalue weighted by Gasteiger charge is -1.94. The van der Waals surface area contributed by atoms with Crippen LogP contribution in [0.15, 0.2) is 24.3 Å². The van der Waals surface area contributed by atoms with Crippen molar-refractivity contribution in [1.29, 1.82) is 0 Å². The van der Waals surface area contributed by atoms with Crippen LogP contribution in [-0.2, 0) is 0 Å². The summed E-state index contributed by atoms with van der Waals surface area (Å²) >= 11 is 11.7. The largest absolute Gasteiger partial charge is 0.329 e. The van der Waals surface area contributed by atoms with E-state index in [1.54, 1.807) is 11.3 Å². The zero-order valence-electron chi connectivity index (χ0n) is 6.03. The van der Waals surface area contributed by atoms with Crippen LogP contribution in [0.25, 0.3) is 10.1 Å². The Labute approximate surface area is 83.7 Å². The van der Waals surface area contributed by atoms with E-state index in [9.17, 15) is 0 Å². The normalized spacial score (nSPS) is 10.3. The molecule has 0 amide bonds. The molecule has 2 aromatic rings. The number of fused-ring (bicyclic) bond motifs is 1. The number of nitrogens with one attached hydrogen (secondary N) is 1. The second-order valence-electron chi connectivity index (χ2n) is 2.34. The lowest BCUT2D eigenvalue weighted by molar-refractivity contribution is 1.36. The first-order chi connectivity index (χ1) is 5.77. The number of rotatable bonds is 0. The van der Waals surface area contributed by atoms with E-state index in [0.717, 1.165) is 18.7 Å². The molecule has 0 radical (unpaired) electrons. The van der Waals surface area contributed by atoms with Gasteiger partial charge in [0.05, 0.1) is 0 Å². The molecule has 0 aliphatic rings. The van der Waals surface area contributed by atoms with Gasteiger partial charge in [0.1, 0.15) is 4.64 Å². The van der Waals surface area contributed by atoms with Gasteiger partial charge in [0.25, 0.3) is 0 Å². The van der Waals surface area contributed by atoms with E-state index >= 15 is 0 Å². The summed E-state index contributed by atoms with van der Waals surface area (Å²) in [6.45, 7) is 0. The summed E-state index contributed by atoms with van der Waals surface area (Å²) in [5, 5.41) is 1.08. The molecule has 1 heterocycles. The standard InChI is InChI=1S/C8H5NS3/c10-7-5-3-1-2-4-6(5)12-8(11)9-7/h1-4H,(H,9,10,11). The van der Waals surface area contributed by atoms with Gasteiger partial charge in [-0.25, -0.2) is 0 Å². The summed E-state index contributed by atoms with van der Waals surface area (Å²) in [6, 6.07) is 7.99. The van der Waals surface area contributed by atoms with Crippen molar-refractivity contribution in [3.05, 3.63) is 32.9 Å². The van der Waals surface area contributed by atoms with Crippen LogP contribution in [0.2, 0.25) is 0 Å². The molecule has 1 nitrogen and oxygen atoms in total. The molecule has 1 aromatic heterocycles. The molecular weight excluding hydrogens is 206 g/mol. The lowest BCUT2D eigenvalue weighted by atomic mass is 10.3. The van der Waals surface area contributed by atoms with Crippen molar-refractivity contribution in [2.24, 2.45) is 0 Å². The first kappa shape index (κ1) is 8.04. The van der Waals surface area contributed by atoms with Gasteiger partial charge in [-0.3, -0.25) is 0 Å². The van der Waals surface area contributed by atoms with E-state index in [2.05, 4.69) is 4.98 Å². The predicted molar refractivity (Wildman–Crippen MR) is 57.8 cm³/mol. The number of aromatic nitrogens is 1. The molecule has 0 bridgehead atoms. The quantitative estimate of drug-likeness (QED) is 0.669. The van der Waals surface area contributed by atoms with Crippen LogP contribution >= 0.6 is 35.8 Å². The number of benzene rings is 1. The molecule has 2 rings (SSSR count). The van der Waals surface area contributed by atoms with E-state index in [4.69, 9.17) is 24.4 Å². The third kappa shape index (κ3) is 1.33. The van der Waals surface area contributed by atoms with Gasteiger partial charge < -0.3 is 4.98 Å². The smallest absolute Gasteiger partial charge is 0.159 e. The third-order valence-corrected chi connectivity index (χ3v) is 3.09. The summed E-state index contributed by atoms with van der Waals surface area (Å²) in [6.07, 6.45) is 0. The molecule has 12 heavy (non-hydrogen) atoms. The number of hydrogen-bond donors (Lipinski definition) is 1. The summed E-state index contributed by atoms with van der Waals surface area (Å²) in [7, 11) is 0. The van der Waals surface area contributed by atoms with E-state index in [1.807, 2.05) is 24.3 Å². The van der Waals surface area contributed by atoms with Crippen LogP contribution in [0.4, 0.5) is 0 Å². The van der Waals surface area contributed by atoms with Crippen molar-refractivity contribution in [2.45, 2.75) is 0 Å². The first-order valence-electron chi connectivity index (χ1n) is 3.39. The van der Waals surface area contributed by atoms with Gasteiger partial charge in [0, 0.05) is 10.1 Å². The molecule has 1 aromatic carbocycles. The molecule has 1 N–H and O–H groups in total. The number of aromatic amines is 1. The molecule has 0 atom stereocenters. The van der Waals surface area contributed by atoms with E-state index in [-0.39, 0.29) is 0 Å². The van der Waals surface area contributed by atoms with Crippen molar-refractivity contribution < 1.29 is 0 Å². The molecule has 60 valence electrons. The SMILES string of the molecule is S=c1[nH]c(=S)c2ccccc2s1. The van der Waals surface area contributed by atoms with Crippen LogP contribution in [0, 0.1) is 8.59 Å². The van der Waals surface area contributed by atoms with Gasteiger partial charge in [-0.15, -0.1) is 11.3 Å².